The zero-order chi connectivity index (χ0) is 13.8. The average Bonchev–Trinajstić information content (AvgIpc) is 3.02. The first-order chi connectivity index (χ1) is 9.86. The highest BCUT2D eigenvalue weighted by atomic mass is 16.5. The van der Waals surface area contributed by atoms with E-state index in [1.54, 1.807) is 0 Å². The third-order valence-electron chi connectivity index (χ3n) is 5.62. The molecule has 1 N–H and O–H groups in total. The van der Waals surface area contributed by atoms with Crippen molar-refractivity contribution >= 4 is 0 Å². The second kappa shape index (κ2) is 7.24. The van der Waals surface area contributed by atoms with Crippen LogP contribution in [0.4, 0.5) is 0 Å². The van der Waals surface area contributed by atoms with Crippen LogP contribution in [0.3, 0.4) is 0 Å². The van der Waals surface area contributed by atoms with Gasteiger partial charge in [-0.3, -0.25) is 4.90 Å². The molecule has 3 heteroatoms. The average molecular weight is 280 g/mol. The number of rotatable bonds is 4. The van der Waals surface area contributed by atoms with Gasteiger partial charge in [-0.1, -0.05) is 13.3 Å². The summed E-state index contributed by atoms with van der Waals surface area (Å²) in [7, 11) is 0. The highest BCUT2D eigenvalue weighted by molar-refractivity contribution is 4.89. The number of likely N-dealkylation sites (tertiary alicyclic amines) is 1. The Labute approximate surface area is 124 Å². The van der Waals surface area contributed by atoms with E-state index in [4.69, 9.17) is 4.74 Å². The molecule has 0 aromatic rings. The Kier molecular flexibility index (Phi) is 5.36. The maximum atomic E-state index is 5.93. The lowest BCUT2D eigenvalue weighted by molar-refractivity contribution is -0.0400. The molecule has 0 radical (unpaired) electrons. The van der Waals surface area contributed by atoms with Crippen molar-refractivity contribution in [2.45, 2.75) is 76.5 Å². The van der Waals surface area contributed by atoms with Gasteiger partial charge in [0.25, 0.3) is 0 Å². The van der Waals surface area contributed by atoms with E-state index in [2.05, 4.69) is 17.1 Å². The second-order valence-corrected chi connectivity index (χ2v) is 7.06. The van der Waals surface area contributed by atoms with Crippen LogP contribution in [0.5, 0.6) is 0 Å². The van der Waals surface area contributed by atoms with Gasteiger partial charge in [0, 0.05) is 25.2 Å². The topological polar surface area (TPSA) is 24.5 Å². The Morgan fingerprint density at radius 2 is 2.15 bits per heavy atom. The largest absolute Gasteiger partial charge is 0.378 e. The maximum Gasteiger partial charge on any atom is 0.0590 e. The van der Waals surface area contributed by atoms with Gasteiger partial charge in [-0.15, -0.1) is 0 Å². The molecule has 4 atom stereocenters. The minimum absolute atomic E-state index is 0.531. The first-order valence-corrected chi connectivity index (χ1v) is 8.96. The smallest absolute Gasteiger partial charge is 0.0590 e. The monoisotopic (exact) mass is 280 g/mol. The molecule has 3 saturated heterocycles. The van der Waals surface area contributed by atoms with Crippen LogP contribution in [-0.2, 0) is 4.74 Å². The lowest BCUT2D eigenvalue weighted by atomic mass is 9.87. The van der Waals surface area contributed by atoms with Crippen LogP contribution >= 0.6 is 0 Å². The van der Waals surface area contributed by atoms with E-state index in [0.29, 0.717) is 6.10 Å². The predicted octanol–water partition coefficient (Wildman–Crippen LogP) is 2.80. The molecular weight excluding hydrogens is 248 g/mol. The molecule has 116 valence electrons. The van der Waals surface area contributed by atoms with Gasteiger partial charge < -0.3 is 10.1 Å². The standard InChI is InChI=1S/C17H32N2O/c1-2-5-16-12-15(8-11-20-16)19-10-4-6-14(13-19)17-7-3-9-18-17/h14-18H,2-13H2,1H3. The third kappa shape index (κ3) is 3.55. The zero-order valence-corrected chi connectivity index (χ0v) is 13.2. The van der Waals surface area contributed by atoms with E-state index < -0.39 is 0 Å². The second-order valence-electron chi connectivity index (χ2n) is 7.06. The molecule has 3 heterocycles. The lowest BCUT2D eigenvalue weighted by Gasteiger charge is -2.43. The molecule has 4 unspecified atom stereocenters. The van der Waals surface area contributed by atoms with E-state index in [0.717, 1.165) is 24.6 Å². The minimum atomic E-state index is 0.531. The minimum Gasteiger partial charge on any atom is -0.378 e. The van der Waals surface area contributed by atoms with E-state index >= 15 is 0 Å². The Balaban J connectivity index is 1.53. The molecule has 3 nitrogen and oxygen atoms in total. The van der Waals surface area contributed by atoms with Crippen LogP contribution in [0.25, 0.3) is 0 Å². The fourth-order valence-electron chi connectivity index (χ4n) is 4.53. The van der Waals surface area contributed by atoms with Crippen molar-refractivity contribution in [1.82, 2.24) is 10.2 Å². The summed E-state index contributed by atoms with van der Waals surface area (Å²) < 4.78 is 5.93. The molecule has 0 aromatic heterocycles. The summed E-state index contributed by atoms with van der Waals surface area (Å²) >= 11 is 0. The van der Waals surface area contributed by atoms with Crippen molar-refractivity contribution in [2.24, 2.45) is 5.92 Å². The van der Waals surface area contributed by atoms with Gasteiger partial charge in [0.05, 0.1) is 6.10 Å². The maximum absolute atomic E-state index is 5.93. The van der Waals surface area contributed by atoms with E-state index in [1.165, 1.54) is 71.0 Å². The number of hydrogen-bond acceptors (Lipinski definition) is 3. The molecular formula is C17H32N2O. The quantitative estimate of drug-likeness (QED) is 0.857. The molecule has 0 aliphatic carbocycles. The van der Waals surface area contributed by atoms with Gasteiger partial charge in [0.15, 0.2) is 0 Å². The summed E-state index contributed by atoms with van der Waals surface area (Å²) in [6.07, 6.45) is 11.2. The van der Waals surface area contributed by atoms with E-state index in [-0.39, 0.29) is 0 Å². The lowest BCUT2D eigenvalue weighted by Crippen LogP contribution is -2.50. The van der Waals surface area contributed by atoms with Crippen molar-refractivity contribution in [3.8, 4) is 0 Å². The summed E-state index contributed by atoms with van der Waals surface area (Å²) in [6.45, 7) is 7.17. The van der Waals surface area contributed by atoms with Crippen molar-refractivity contribution in [2.75, 3.05) is 26.2 Å². The molecule has 3 aliphatic heterocycles. The number of nitrogens with zero attached hydrogens (tertiary/aromatic N) is 1. The third-order valence-corrected chi connectivity index (χ3v) is 5.62. The Bertz CT molecular complexity index is 289. The normalized spacial score (nSPS) is 40.0. The van der Waals surface area contributed by atoms with E-state index in [9.17, 15) is 0 Å². The highest BCUT2D eigenvalue weighted by Gasteiger charge is 2.33. The number of piperidine rings is 1. The molecule has 0 spiro atoms. The highest BCUT2D eigenvalue weighted by Crippen LogP contribution is 2.29. The summed E-state index contributed by atoms with van der Waals surface area (Å²) in [5.41, 5.74) is 0. The molecule has 0 aromatic carbocycles. The summed E-state index contributed by atoms with van der Waals surface area (Å²) in [6, 6.07) is 1.61. The van der Waals surface area contributed by atoms with Gasteiger partial charge in [0.2, 0.25) is 0 Å². The van der Waals surface area contributed by atoms with Crippen molar-refractivity contribution in [3.05, 3.63) is 0 Å². The van der Waals surface area contributed by atoms with Crippen molar-refractivity contribution in [3.63, 3.8) is 0 Å². The zero-order valence-electron chi connectivity index (χ0n) is 13.2. The van der Waals surface area contributed by atoms with Gasteiger partial charge in [-0.2, -0.15) is 0 Å². The van der Waals surface area contributed by atoms with Crippen LogP contribution in [0.2, 0.25) is 0 Å². The Hall–Kier alpha value is -0.120. The van der Waals surface area contributed by atoms with Gasteiger partial charge in [-0.05, 0) is 64.0 Å². The summed E-state index contributed by atoms with van der Waals surface area (Å²) in [5, 5.41) is 3.73. The van der Waals surface area contributed by atoms with Gasteiger partial charge >= 0.3 is 0 Å². The first-order valence-electron chi connectivity index (χ1n) is 8.96. The SMILES string of the molecule is CCCC1CC(N2CCCC(C3CCCN3)C2)CCO1. The first kappa shape index (κ1) is 14.8. The fourth-order valence-corrected chi connectivity index (χ4v) is 4.53. The number of nitrogens with one attached hydrogen (secondary N) is 1. The number of hydrogen-bond donors (Lipinski definition) is 1. The van der Waals surface area contributed by atoms with Crippen molar-refractivity contribution < 1.29 is 4.74 Å². The van der Waals surface area contributed by atoms with Gasteiger partial charge in [0.1, 0.15) is 0 Å². The summed E-state index contributed by atoms with van der Waals surface area (Å²) in [4.78, 5) is 2.80. The molecule has 0 amide bonds. The van der Waals surface area contributed by atoms with Crippen LogP contribution in [0.15, 0.2) is 0 Å². The Morgan fingerprint density at radius 1 is 1.20 bits per heavy atom. The fraction of sp³-hybridized carbons (Fsp3) is 1.00. The van der Waals surface area contributed by atoms with Crippen LogP contribution in [-0.4, -0.2) is 49.3 Å². The van der Waals surface area contributed by atoms with E-state index in [1.807, 2.05) is 0 Å². The van der Waals surface area contributed by atoms with Crippen LogP contribution in [0.1, 0.15) is 58.3 Å². The molecule has 3 fully saturated rings. The molecule has 0 saturated carbocycles. The van der Waals surface area contributed by atoms with Crippen LogP contribution < -0.4 is 5.32 Å². The van der Waals surface area contributed by atoms with Gasteiger partial charge in [-0.25, -0.2) is 0 Å². The van der Waals surface area contributed by atoms with Crippen LogP contribution in [0, 0.1) is 5.92 Å². The molecule has 3 aliphatic rings. The molecule has 0 bridgehead atoms. The summed E-state index contributed by atoms with van der Waals surface area (Å²) in [5.74, 6) is 0.902. The molecule has 20 heavy (non-hydrogen) atoms. The molecule has 3 rings (SSSR count). The number of ether oxygens (including phenoxy) is 1. The van der Waals surface area contributed by atoms with Crippen molar-refractivity contribution in [1.29, 1.82) is 0 Å². The predicted molar refractivity (Wildman–Crippen MR) is 83.0 cm³/mol. The Morgan fingerprint density at radius 3 is 2.95 bits per heavy atom.